The molecule has 94 valence electrons. The standard InChI is InChI=1S/C10H14ClN3O3/c1-7-9(14(15)16)10(11)12-13(7)8-4-2-3-5-17-6-8/h8H,2-6H2,1H3. The first kappa shape index (κ1) is 12.3. The minimum atomic E-state index is -0.487. The normalized spacial score (nSPS) is 21.2. The highest BCUT2D eigenvalue weighted by molar-refractivity contribution is 6.31. The van der Waals surface area contributed by atoms with Gasteiger partial charge in [-0.25, -0.2) is 0 Å². The van der Waals surface area contributed by atoms with E-state index in [1.807, 2.05) is 0 Å². The molecule has 1 aromatic rings. The van der Waals surface area contributed by atoms with Gasteiger partial charge in [0.25, 0.3) is 0 Å². The van der Waals surface area contributed by atoms with Crippen LogP contribution in [-0.2, 0) is 4.74 Å². The Kier molecular flexibility index (Phi) is 3.63. The molecule has 2 rings (SSSR count). The third-order valence-corrected chi connectivity index (χ3v) is 3.25. The maximum atomic E-state index is 10.8. The number of ether oxygens (including phenoxy) is 1. The largest absolute Gasteiger partial charge is 0.379 e. The number of rotatable bonds is 2. The van der Waals surface area contributed by atoms with Crippen LogP contribution in [0.15, 0.2) is 0 Å². The highest BCUT2D eigenvalue weighted by atomic mass is 35.5. The van der Waals surface area contributed by atoms with Crippen LogP contribution in [0, 0.1) is 17.0 Å². The van der Waals surface area contributed by atoms with Gasteiger partial charge in [-0.3, -0.25) is 14.8 Å². The van der Waals surface area contributed by atoms with Gasteiger partial charge in [0.05, 0.1) is 17.6 Å². The molecule has 7 heteroatoms. The molecule has 0 spiro atoms. The van der Waals surface area contributed by atoms with E-state index < -0.39 is 4.92 Å². The summed E-state index contributed by atoms with van der Waals surface area (Å²) in [5.74, 6) is 0. The van der Waals surface area contributed by atoms with Crippen molar-refractivity contribution in [3.05, 3.63) is 21.0 Å². The fourth-order valence-electron chi connectivity index (χ4n) is 2.12. The van der Waals surface area contributed by atoms with Crippen molar-refractivity contribution in [2.45, 2.75) is 32.2 Å². The first-order chi connectivity index (χ1) is 8.11. The Morgan fingerprint density at radius 1 is 1.59 bits per heavy atom. The fraction of sp³-hybridized carbons (Fsp3) is 0.700. The van der Waals surface area contributed by atoms with Gasteiger partial charge in [-0.1, -0.05) is 11.6 Å². The van der Waals surface area contributed by atoms with Crippen LogP contribution >= 0.6 is 11.6 Å². The summed E-state index contributed by atoms with van der Waals surface area (Å²) in [6.45, 7) is 2.95. The molecular weight excluding hydrogens is 246 g/mol. The first-order valence-electron chi connectivity index (χ1n) is 5.58. The lowest BCUT2D eigenvalue weighted by molar-refractivity contribution is -0.385. The van der Waals surface area contributed by atoms with Crippen LogP contribution in [0.1, 0.15) is 31.0 Å². The fourth-order valence-corrected chi connectivity index (χ4v) is 2.40. The number of halogens is 1. The molecule has 1 saturated heterocycles. The second-order valence-electron chi connectivity index (χ2n) is 4.15. The van der Waals surface area contributed by atoms with Crippen molar-refractivity contribution in [1.82, 2.24) is 9.78 Å². The smallest absolute Gasteiger partial charge is 0.328 e. The number of nitro groups is 1. The van der Waals surface area contributed by atoms with Gasteiger partial charge in [-0.2, -0.15) is 5.10 Å². The molecule has 6 nitrogen and oxygen atoms in total. The van der Waals surface area contributed by atoms with Gasteiger partial charge in [-0.05, 0) is 26.2 Å². The SMILES string of the molecule is Cc1c([N+](=O)[O-])c(Cl)nn1C1CCCCOC1. The molecule has 0 aromatic carbocycles. The second kappa shape index (κ2) is 5.01. The number of aromatic nitrogens is 2. The second-order valence-corrected chi connectivity index (χ2v) is 4.51. The maximum absolute atomic E-state index is 10.8. The average molecular weight is 260 g/mol. The summed E-state index contributed by atoms with van der Waals surface area (Å²) in [6, 6.07) is 0.0451. The molecule has 17 heavy (non-hydrogen) atoms. The van der Waals surface area contributed by atoms with Crippen LogP contribution in [0.5, 0.6) is 0 Å². The van der Waals surface area contributed by atoms with Crippen LogP contribution < -0.4 is 0 Å². The maximum Gasteiger partial charge on any atom is 0.328 e. The van der Waals surface area contributed by atoms with E-state index in [2.05, 4.69) is 5.10 Å². The lowest BCUT2D eigenvalue weighted by atomic mass is 10.1. The highest BCUT2D eigenvalue weighted by Crippen LogP contribution is 2.31. The van der Waals surface area contributed by atoms with Gasteiger partial charge >= 0.3 is 5.69 Å². The van der Waals surface area contributed by atoms with Crippen molar-refractivity contribution in [1.29, 1.82) is 0 Å². The molecule has 0 bridgehead atoms. The molecule has 1 aromatic heterocycles. The van der Waals surface area contributed by atoms with E-state index in [9.17, 15) is 10.1 Å². The molecule has 1 aliphatic heterocycles. The van der Waals surface area contributed by atoms with E-state index >= 15 is 0 Å². The van der Waals surface area contributed by atoms with Crippen molar-refractivity contribution >= 4 is 17.3 Å². The minimum Gasteiger partial charge on any atom is -0.379 e. The van der Waals surface area contributed by atoms with Gasteiger partial charge in [0.1, 0.15) is 5.69 Å². The minimum absolute atomic E-state index is 0.0447. The van der Waals surface area contributed by atoms with Crippen LogP contribution in [0.25, 0.3) is 0 Å². The molecule has 0 saturated carbocycles. The van der Waals surface area contributed by atoms with Gasteiger partial charge in [0, 0.05) is 6.61 Å². The lowest BCUT2D eigenvalue weighted by Crippen LogP contribution is -2.16. The predicted octanol–water partition coefficient (Wildman–Crippen LogP) is 2.49. The molecule has 0 N–H and O–H groups in total. The van der Waals surface area contributed by atoms with Gasteiger partial charge in [0.2, 0.25) is 5.15 Å². The van der Waals surface area contributed by atoms with Gasteiger partial charge < -0.3 is 4.74 Å². The summed E-state index contributed by atoms with van der Waals surface area (Å²) in [6.07, 6.45) is 2.97. The Morgan fingerprint density at radius 2 is 2.35 bits per heavy atom. The topological polar surface area (TPSA) is 70.2 Å². The van der Waals surface area contributed by atoms with Crippen LogP contribution in [0.3, 0.4) is 0 Å². The zero-order chi connectivity index (χ0) is 12.4. The first-order valence-corrected chi connectivity index (χ1v) is 5.95. The number of hydrogen-bond acceptors (Lipinski definition) is 4. The molecule has 0 radical (unpaired) electrons. The third-order valence-electron chi connectivity index (χ3n) is 2.99. The Labute approximate surface area is 104 Å². The van der Waals surface area contributed by atoms with Crippen molar-refractivity contribution < 1.29 is 9.66 Å². The van der Waals surface area contributed by atoms with E-state index in [-0.39, 0.29) is 16.9 Å². The Morgan fingerprint density at radius 3 is 3.00 bits per heavy atom. The summed E-state index contributed by atoms with van der Waals surface area (Å²) in [5.41, 5.74) is 0.395. The zero-order valence-corrected chi connectivity index (χ0v) is 10.3. The summed E-state index contributed by atoms with van der Waals surface area (Å²) in [7, 11) is 0. The Bertz CT molecular complexity index is 425. The van der Waals surface area contributed by atoms with Crippen molar-refractivity contribution in [2.75, 3.05) is 13.2 Å². The summed E-state index contributed by atoms with van der Waals surface area (Å²) in [5, 5.41) is 14.9. The van der Waals surface area contributed by atoms with Crippen molar-refractivity contribution in [2.24, 2.45) is 0 Å². The van der Waals surface area contributed by atoms with E-state index in [0.717, 1.165) is 25.9 Å². The highest BCUT2D eigenvalue weighted by Gasteiger charge is 2.27. The van der Waals surface area contributed by atoms with E-state index in [1.54, 1.807) is 11.6 Å². The molecule has 1 fully saturated rings. The van der Waals surface area contributed by atoms with E-state index in [4.69, 9.17) is 16.3 Å². The number of nitrogens with zero attached hydrogens (tertiary/aromatic N) is 3. The van der Waals surface area contributed by atoms with Crippen molar-refractivity contribution in [3.8, 4) is 0 Å². The van der Waals surface area contributed by atoms with Crippen LogP contribution in [-0.4, -0.2) is 27.9 Å². The number of hydrogen-bond donors (Lipinski definition) is 0. The van der Waals surface area contributed by atoms with E-state index in [0.29, 0.717) is 12.3 Å². The van der Waals surface area contributed by atoms with Gasteiger partial charge in [-0.15, -0.1) is 0 Å². The summed E-state index contributed by atoms with van der Waals surface area (Å²) < 4.78 is 7.08. The zero-order valence-electron chi connectivity index (χ0n) is 9.56. The summed E-state index contributed by atoms with van der Waals surface area (Å²) in [4.78, 5) is 10.4. The van der Waals surface area contributed by atoms with Gasteiger partial charge in [0.15, 0.2) is 0 Å². The quantitative estimate of drug-likeness (QED) is 0.604. The summed E-state index contributed by atoms with van der Waals surface area (Å²) >= 11 is 5.79. The molecule has 1 atom stereocenters. The third kappa shape index (κ3) is 2.42. The molecule has 1 aliphatic rings. The Hall–Kier alpha value is -1.14. The van der Waals surface area contributed by atoms with Crippen LogP contribution in [0.4, 0.5) is 5.69 Å². The molecule has 0 amide bonds. The molecular formula is C10H14ClN3O3. The average Bonchev–Trinajstić information content (AvgIpc) is 2.48. The molecule has 2 heterocycles. The monoisotopic (exact) mass is 259 g/mol. The molecule has 1 unspecified atom stereocenters. The van der Waals surface area contributed by atoms with Crippen molar-refractivity contribution in [3.63, 3.8) is 0 Å². The van der Waals surface area contributed by atoms with Crippen LogP contribution in [0.2, 0.25) is 5.15 Å². The lowest BCUT2D eigenvalue weighted by Gasteiger charge is -2.15. The molecule has 0 aliphatic carbocycles. The Balaban J connectivity index is 2.31. The van der Waals surface area contributed by atoms with E-state index in [1.165, 1.54) is 0 Å². The predicted molar refractivity (Wildman–Crippen MR) is 62.3 cm³/mol.